The van der Waals surface area contributed by atoms with Gasteiger partial charge >= 0.3 is 5.97 Å². The van der Waals surface area contributed by atoms with Gasteiger partial charge in [-0.3, -0.25) is 0 Å². The third kappa shape index (κ3) is 2.01. The second kappa shape index (κ2) is 4.41. The first kappa shape index (κ1) is 12.3. The molecule has 1 aromatic heterocycles. The highest BCUT2D eigenvalue weighted by Gasteiger charge is 2.11. The maximum absolute atomic E-state index is 13.5. The second-order valence-electron chi connectivity index (χ2n) is 4.25. The minimum atomic E-state index is -1.03. The Balaban J connectivity index is 2.10. The van der Waals surface area contributed by atoms with E-state index in [1.54, 1.807) is 12.1 Å². The van der Waals surface area contributed by atoms with Gasteiger partial charge in [0.25, 0.3) is 0 Å². The number of imidazole rings is 1. The summed E-state index contributed by atoms with van der Waals surface area (Å²) in [7, 11) is 0. The van der Waals surface area contributed by atoms with Crippen LogP contribution in [0.15, 0.2) is 36.4 Å². The summed E-state index contributed by atoms with van der Waals surface area (Å²) in [6, 6.07) is 7.86. The number of hydrogen-bond donors (Lipinski definition) is 2. The minimum Gasteiger partial charge on any atom is -0.478 e. The van der Waals surface area contributed by atoms with Gasteiger partial charge in [-0.1, -0.05) is 12.1 Å². The number of carbonyl (C=O) groups is 1. The number of carboxylic acid groups (broad SMARTS) is 1. The normalized spacial score (nSPS) is 10.9. The molecule has 0 unspecified atom stereocenters. The molecule has 0 bridgehead atoms. The molecule has 1 heterocycles. The molecule has 2 N–H and O–H groups in total. The predicted octanol–water partition coefficient (Wildman–Crippen LogP) is 3.21. The number of rotatable bonds is 2. The monoisotopic (exact) mass is 274 g/mol. The van der Waals surface area contributed by atoms with Gasteiger partial charge in [0.2, 0.25) is 0 Å². The highest BCUT2D eigenvalue weighted by atomic mass is 19.1. The summed E-state index contributed by atoms with van der Waals surface area (Å²) >= 11 is 0. The van der Waals surface area contributed by atoms with E-state index >= 15 is 0 Å². The maximum Gasteiger partial charge on any atom is 0.335 e. The zero-order chi connectivity index (χ0) is 14.3. The number of aromatic carboxylic acids is 1. The molecule has 0 aliphatic carbocycles. The first-order valence-electron chi connectivity index (χ1n) is 5.73. The zero-order valence-electron chi connectivity index (χ0n) is 10.0. The van der Waals surface area contributed by atoms with Crippen LogP contribution in [0.2, 0.25) is 0 Å². The fourth-order valence-corrected chi connectivity index (χ4v) is 1.95. The fraction of sp³-hybridized carbons (Fsp3) is 0. The zero-order valence-corrected chi connectivity index (χ0v) is 10.0. The summed E-state index contributed by atoms with van der Waals surface area (Å²) < 4.78 is 26.6. The van der Waals surface area contributed by atoms with Crippen LogP contribution in [0.1, 0.15) is 10.4 Å². The first-order chi connectivity index (χ1) is 9.54. The van der Waals surface area contributed by atoms with E-state index < -0.39 is 17.6 Å². The van der Waals surface area contributed by atoms with Crippen molar-refractivity contribution >= 4 is 17.0 Å². The Labute approximate surface area is 111 Å². The largest absolute Gasteiger partial charge is 0.478 e. The van der Waals surface area contributed by atoms with Gasteiger partial charge in [0.05, 0.1) is 11.1 Å². The highest BCUT2D eigenvalue weighted by molar-refractivity contribution is 5.88. The molecule has 0 atom stereocenters. The lowest BCUT2D eigenvalue weighted by molar-refractivity contribution is 0.0697. The second-order valence-corrected chi connectivity index (χ2v) is 4.25. The van der Waals surface area contributed by atoms with Crippen LogP contribution >= 0.6 is 0 Å². The molecule has 3 aromatic rings. The van der Waals surface area contributed by atoms with Crippen LogP contribution < -0.4 is 0 Å². The van der Waals surface area contributed by atoms with Crippen molar-refractivity contribution < 1.29 is 18.7 Å². The number of nitrogens with zero attached hydrogens (tertiary/aromatic N) is 1. The van der Waals surface area contributed by atoms with Gasteiger partial charge in [-0.25, -0.2) is 18.6 Å². The molecule has 0 aliphatic heterocycles. The average molecular weight is 274 g/mol. The van der Waals surface area contributed by atoms with Crippen LogP contribution in [-0.4, -0.2) is 21.0 Å². The van der Waals surface area contributed by atoms with E-state index in [9.17, 15) is 13.6 Å². The number of nitrogens with one attached hydrogen (secondary N) is 1. The number of aromatic nitrogens is 2. The van der Waals surface area contributed by atoms with Gasteiger partial charge < -0.3 is 10.1 Å². The number of aromatic amines is 1. The number of hydrogen-bond acceptors (Lipinski definition) is 2. The van der Waals surface area contributed by atoms with Crippen LogP contribution in [0.3, 0.4) is 0 Å². The smallest absolute Gasteiger partial charge is 0.335 e. The van der Waals surface area contributed by atoms with Gasteiger partial charge in [0.15, 0.2) is 5.82 Å². The highest BCUT2D eigenvalue weighted by Crippen LogP contribution is 2.23. The molecule has 4 nitrogen and oxygen atoms in total. The Morgan fingerprint density at radius 2 is 1.85 bits per heavy atom. The minimum absolute atomic E-state index is 0.0451. The molecule has 0 amide bonds. The molecule has 20 heavy (non-hydrogen) atoms. The van der Waals surface area contributed by atoms with Gasteiger partial charge in [0.1, 0.15) is 17.2 Å². The molecule has 0 saturated carbocycles. The topological polar surface area (TPSA) is 66.0 Å². The van der Waals surface area contributed by atoms with Crippen LogP contribution in [0.5, 0.6) is 0 Å². The van der Waals surface area contributed by atoms with Crippen molar-refractivity contribution in [3.8, 4) is 11.4 Å². The number of benzene rings is 2. The Bertz CT molecular complexity index is 810. The third-order valence-electron chi connectivity index (χ3n) is 2.91. The lowest BCUT2D eigenvalue weighted by Crippen LogP contribution is -1.95. The van der Waals surface area contributed by atoms with Crippen molar-refractivity contribution in [1.29, 1.82) is 0 Å². The Morgan fingerprint density at radius 3 is 2.50 bits per heavy atom. The van der Waals surface area contributed by atoms with Crippen LogP contribution in [0.25, 0.3) is 22.4 Å². The molecule has 0 fully saturated rings. The molecular formula is C14H8F2N2O2. The summed E-state index contributed by atoms with van der Waals surface area (Å²) in [4.78, 5) is 17.6. The van der Waals surface area contributed by atoms with Crippen molar-refractivity contribution in [2.75, 3.05) is 0 Å². The van der Waals surface area contributed by atoms with E-state index in [1.165, 1.54) is 12.1 Å². The van der Waals surface area contributed by atoms with Gasteiger partial charge in [0, 0.05) is 11.6 Å². The Kier molecular flexibility index (Phi) is 2.71. The van der Waals surface area contributed by atoms with Gasteiger partial charge in [-0.05, 0) is 18.2 Å². The molecule has 0 radical (unpaired) electrons. The number of H-pyrrole nitrogens is 1. The fourth-order valence-electron chi connectivity index (χ4n) is 1.95. The van der Waals surface area contributed by atoms with E-state index in [0.29, 0.717) is 11.4 Å². The standard InChI is InChI=1S/C14H8F2N2O2/c15-9-5-10(16)12-11(6-9)17-13(18-12)7-1-3-8(4-2-7)14(19)20/h1-6H,(H,17,18)(H,19,20). The lowest BCUT2D eigenvalue weighted by Gasteiger charge is -1.97. The predicted molar refractivity (Wildman–Crippen MR) is 68.4 cm³/mol. The average Bonchev–Trinajstić information content (AvgIpc) is 2.83. The summed E-state index contributed by atoms with van der Waals surface area (Å²) in [5.41, 5.74) is 1.02. The third-order valence-corrected chi connectivity index (χ3v) is 2.91. The Morgan fingerprint density at radius 1 is 1.15 bits per heavy atom. The van der Waals surface area contributed by atoms with Gasteiger partial charge in [-0.2, -0.15) is 0 Å². The van der Waals surface area contributed by atoms with E-state index in [0.717, 1.165) is 12.1 Å². The summed E-state index contributed by atoms with van der Waals surface area (Å²) in [6.07, 6.45) is 0. The number of fused-ring (bicyclic) bond motifs is 1. The van der Waals surface area contributed by atoms with E-state index in [-0.39, 0.29) is 16.6 Å². The molecule has 0 spiro atoms. The quantitative estimate of drug-likeness (QED) is 0.754. The van der Waals surface area contributed by atoms with Crippen LogP contribution in [0.4, 0.5) is 8.78 Å². The van der Waals surface area contributed by atoms with Crippen molar-refractivity contribution in [3.05, 3.63) is 53.6 Å². The summed E-state index contributed by atoms with van der Waals surface area (Å²) in [5, 5.41) is 8.81. The Hall–Kier alpha value is -2.76. The van der Waals surface area contributed by atoms with E-state index in [4.69, 9.17) is 5.11 Å². The molecule has 0 saturated heterocycles. The molecular weight excluding hydrogens is 266 g/mol. The van der Waals surface area contributed by atoms with Crippen molar-refractivity contribution in [3.63, 3.8) is 0 Å². The van der Waals surface area contributed by atoms with E-state index in [1.807, 2.05) is 0 Å². The molecule has 6 heteroatoms. The summed E-state index contributed by atoms with van der Waals surface area (Å²) in [5.74, 6) is -2.12. The van der Waals surface area contributed by atoms with Gasteiger partial charge in [-0.15, -0.1) is 0 Å². The SMILES string of the molecule is O=C(O)c1ccc(-c2nc3c(F)cc(F)cc3[nH]2)cc1. The molecule has 100 valence electrons. The molecule has 3 rings (SSSR count). The first-order valence-corrected chi connectivity index (χ1v) is 5.73. The van der Waals surface area contributed by atoms with Crippen molar-refractivity contribution in [1.82, 2.24) is 9.97 Å². The van der Waals surface area contributed by atoms with Crippen molar-refractivity contribution in [2.45, 2.75) is 0 Å². The number of halogens is 2. The maximum atomic E-state index is 13.5. The lowest BCUT2D eigenvalue weighted by atomic mass is 10.1. The van der Waals surface area contributed by atoms with E-state index in [2.05, 4.69) is 9.97 Å². The summed E-state index contributed by atoms with van der Waals surface area (Å²) in [6.45, 7) is 0. The molecule has 2 aromatic carbocycles. The molecule has 0 aliphatic rings. The van der Waals surface area contributed by atoms with Crippen molar-refractivity contribution in [2.24, 2.45) is 0 Å². The number of carboxylic acids is 1. The van der Waals surface area contributed by atoms with Crippen LogP contribution in [-0.2, 0) is 0 Å². The van der Waals surface area contributed by atoms with Crippen LogP contribution in [0, 0.1) is 11.6 Å².